The highest BCUT2D eigenvalue weighted by molar-refractivity contribution is 5.85. The van der Waals surface area contributed by atoms with Gasteiger partial charge in [0.25, 0.3) is 6.39 Å². The summed E-state index contributed by atoms with van der Waals surface area (Å²) in [6.45, 7) is 0.769. The molecule has 0 fully saturated rings. The maximum atomic E-state index is 10.9. The van der Waals surface area contributed by atoms with Crippen molar-refractivity contribution in [1.82, 2.24) is 4.98 Å². The van der Waals surface area contributed by atoms with Crippen molar-refractivity contribution in [3.8, 4) is 0 Å². The van der Waals surface area contributed by atoms with Crippen molar-refractivity contribution in [2.45, 2.75) is 6.92 Å². The quantitative estimate of drug-likeness (QED) is 0.491. The SMILES string of the molecule is CC(=O)OCOC(=O)c1cn[c]o1. The molecule has 6 heteroatoms. The molecule has 1 heterocycles. The first-order chi connectivity index (χ1) is 6.20. The number of esters is 2. The molecular formula is C7H6NO5. The molecule has 1 aromatic rings. The minimum Gasteiger partial charge on any atom is -0.428 e. The van der Waals surface area contributed by atoms with Gasteiger partial charge in [0.2, 0.25) is 12.6 Å². The summed E-state index contributed by atoms with van der Waals surface area (Å²) in [7, 11) is 0. The van der Waals surface area contributed by atoms with E-state index in [0.717, 1.165) is 6.20 Å². The smallest absolute Gasteiger partial charge is 0.378 e. The molecule has 1 rings (SSSR count). The molecule has 0 bridgehead atoms. The molecule has 0 saturated carbocycles. The summed E-state index contributed by atoms with van der Waals surface area (Å²) >= 11 is 0. The molecular weight excluding hydrogens is 178 g/mol. The Morgan fingerprint density at radius 2 is 2.38 bits per heavy atom. The lowest BCUT2D eigenvalue weighted by Crippen LogP contribution is -2.10. The van der Waals surface area contributed by atoms with Crippen LogP contribution in [0, 0.1) is 6.39 Å². The highest BCUT2D eigenvalue weighted by Crippen LogP contribution is 1.98. The largest absolute Gasteiger partial charge is 0.428 e. The van der Waals surface area contributed by atoms with E-state index in [4.69, 9.17) is 0 Å². The Balaban J connectivity index is 2.31. The summed E-state index contributed by atoms with van der Waals surface area (Å²) in [6, 6.07) is 0. The van der Waals surface area contributed by atoms with E-state index in [-0.39, 0.29) is 5.76 Å². The molecule has 0 N–H and O–H groups in total. The van der Waals surface area contributed by atoms with Gasteiger partial charge in [0, 0.05) is 6.92 Å². The number of hydrogen-bond donors (Lipinski definition) is 0. The topological polar surface area (TPSA) is 78.6 Å². The molecule has 0 aromatic carbocycles. The minimum atomic E-state index is -0.755. The summed E-state index contributed by atoms with van der Waals surface area (Å²) in [4.78, 5) is 24.6. The van der Waals surface area contributed by atoms with Gasteiger partial charge in [-0.15, -0.1) is 0 Å². The lowest BCUT2D eigenvalue weighted by molar-refractivity contribution is -0.149. The van der Waals surface area contributed by atoms with Gasteiger partial charge in [-0.05, 0) is 0 Å². The van der Waals surface area contributed by atoms with Crippen LogP contribution in [-0.4, -0.2) is 23.7 Å². The van der Waals surface area contributed by atoms with Crippen LogP contribution in [0.2, 0.25) is 0 Å². The molecule has 6 nitrogen and oxygen atoms in total. The van der Waals surface area contributed by atoms with Crippen molar-refractivity contribution in [3.05, 3.63) is 18.4 Å². The Kier molecular flexibility index (Phi) is 3.02. The first kappa shape index (κ1) is 9.24. The van der Waals surface area contributed by atoms with E-state index in [1.54, 1.807) is 0 Å². The molecule has 0 aliphatic rings. The number of nitrogens with zero attached hydrogens (tertiary/aromatic N) is 1. The summed E-state index contributed by atoms with van der Waals surface area (Å²) in [6.07, 6.45) is 3.23. The fraction of sp³-hybridized carbons (Fsp3) is 0.286. The average Bonchev–Trinajstić information content (AvgIpc) is 2.55. The number of aromatic nitrogens is 1. The predicted molar refractivity (Wildman–Crippen MR) is 37.4 cm³/mol. The van der Waals surface area contributed by atoms with Gasteiger partial charge in [-0.25, -0.2) is 9.78 Å². The molecule has 0 spiro atoms. The Hall–Kier alpha value is -1.85. The van der Waals surface area contributed by atoms with Gasteiger partial charge in [0.05, 0.1) is 6.20 Å². The van der Waals surface area contributed by atoms with Crippen molar-refractivity contribution in [3.63, 3.8) is 0 Å². The maximum Gasteiger partial charge on any atom is 0.378 e. The number of carbonyl (C=O) groups is 2. The average molecular weight is 184 g/mol. The van der Waals surface area contributed by atoms with E-state index in [1.807, 2.05) is 0 Å². The highest BCUT2D eigenvalue weighted by Gasteiger charge is 2.10. The Morgan fingerprint density at radius 1 is 1.62 bits per heavy atom. The molecule has 1 radical (unpaired) electrons. The second-order valence-corrected chi connectivity index (χ2v) is 2.00. The van der Waals surface area contributed by atoms with Crippen LogP contribution in [0.1, 0.15) is 17.5 Å². The standard InChI is InChI=1S/C7H6NO5/c1-5(9)12-4-13-7(10)6-2-8-3-11-6/h2H,4H2,1H3. The lowest BCUT2D eigenvalue weighted by Gasteiger charge is -2.00. The molecule has 0 unspecified atom stereocenters. The fourth-order valence-electron chi connectivity index (χ4n) is 0.518. The molecule has 0 saturated heterocycles. The van der Waals surface area contributed by atoms with E-state index >= 15 is 0 Å². The van der Waals surface area contributed by atoms with Crippen LogP contribution in [0.5, 0.6) is 0 Å². The Labute approximate surface area is 73.5 Å². The second-order valence-electron chi connectivity index (χ2n) is 2.00. The van der Waals surface area contributed by atoms with E-state index in [2.05, 4.69) is 25.3 Å². The van der Waals surface area contributed by atoms with E-state index in [9.17, 15) is 9.59 Å². The summed E-state index contributed by atoms with van der Waals surface area (Å²) < 4.78 is 13.3. The van der Waals surface area contributed by atoms with Crippen molar-refractivity contribution >= 4 is 11.9 Å². The van der Waals surface area contributed by atoms with Gasteiger partial charge in [0.15, 0.2) is 0 Å². The van der Waals surface area contributed by atoms with Gasteiger partial charge in [0.1, 0.15) is 0 Å². The van der Waals surface area contributed by atoms with Gasteiger partial charge >= 0.3 is 11.9 Å². The second kappa shape index (κ2) is 4.24. The van der Waals surface area contributed by atoms with E-state index < -0.39 is 18.7 Å². The number of oxazole rings is 1. The molecule has 1 aromatic heterocycles. The van der Waals surface area contributed by atoms with E-state index in [0.29, 0.717) is 0 Å². The van der Waals surface area contributed by atoms with Crippen LogP contribution in [0.3, 0.4) is 0 Å². The van der Waals surface area contributed by atoms with Crippen molar-refractivity contribution in [2.24, 2.45) is 0 Å². The zero-order chi connectivity index (χ0) is 9.68. The summed E-state index contributed by atoms with van der Waals surface area (Å²) in [5.74, 6) is -1.38. The van der Waals surface area contributed by atoms with Gasteiger partial charge in [-0.1, -0.05) is 0 Å². The molecule has 13 heavy (non-hydrogen) atoms. The third-order valence-corrected chi connectivity index (χ3v) is 1.04. The fourth-order valence-corrected chi connectivity index (χ4v) is 0.518. The van der Waals surface area contributed by atoms with Crippen molar-refractivity contribution in [2.75, 3.05) is 6.79 Å². The van der Waals surface area contributed by atoms with Crippen molar-refractivity contribution in [1.29, 1.82) is 0 Å². The van der Waals surface area contributed by atoms with Crippen LogP contribution in [-0.2, 0) is 14.3 Å². The number of rotatable bonds is 3. The maximum absolute atomic E-state index is 10.9. The minimum absolute atomic E-state index is 0.0906. The monoisotopic (exact) mass is 184 g/mol. The molecule has 0 aliphatic heterocycles. The molecule has 0 aliphatic carbocycles. The molecule has 69 valence electrons. The summed E-state index contributed by atoms with van der Waals surface area (Å²) in [5, 5.41) is 0. The van der Waals surface area contributed by atoms with Gasteiger partial charge < -0.3 is 13.9 Å². The van der Waals surface area contributed by atoms with Crippen molar-refractivity contribution < 1.29 is 23.5 Å². The number of carbonyl (C=O) groups excluding carboxylic acids is 2. The predicted octanol–water partition coefficient (Wildman–Crippen LogP) is 0.152. The zero-order valence-electron chi connectivity index (χ0n) is 6.77. The van der Waals surface area contributed by atoms with Gasteiger partial charge in [-0.3, -0.25) is 4.79 Å². The number of hydrogen-bond acceptors (Lipinski definition) is 6. The third-order valence-electron chi connectivity index (χ3n) is 1.04. The van der Waals surface area contributed by atoms with Crippen LogP contribution >= 0.6 is 0 Å². The highest BCUT2D eigenvalue weighted by atomic mass is 16.7. The third kappa shape index (κ3) is 2.94. The lowest BCUT2D eigenvalue weighted by atomic mass is 10.5. The Morgan fingerprint density at radius 3 is 2.92 bits per heavy atom. The van der Waals surface area contributed by atoms with Crippen LogP contribution in [0.4, 0.5) is 0 Å². The summed E-state index contributed by atoms with van der Waals surface area (Å²) in [5.41, 5.74) is 0. The molecule has 0 atom stereocenters. The van der Waals surface area contributed by atoms with Crippen LogP contribution in [0.15, 0.2) is 10.6 Å². The zero-order valence-corrected chi connectivity index (χ0v) is 6.77. The van der Waals surface area contributed by atoms with Crippen LogP contribution in [0.25, 0.3) is 0 Å². The first-order valence-corrected chi connectivity index (χ1v) is 3.32. The van der Waals surface area contributed by atoms with Crippen LogP contribution < -0.4 is 0 Å². The molecule has 0 amide bonds. The first-order valence-electron chi connectivity index (χ1n) is 3.32. The number of ether oxygens (including phenoxy) is 2. The normalized spacial score (nSPS) is 9.31. The Bertz CT molecular complexity index is 292. The van der Waals surface area contributed by atoms with E-state index in [1.165, 1.54) is 6.92 Å². The van der Waals surface area contributed by atoms with Gasteiger partial charge in [-0.2, -0.15) is 0 Å².